The summed E-state index contributed by atoms with van der Waals surface area (Å²) < 4.78 is 8.56. The lowest BCUT2D eigenvalue weighted by atomic mass is 9.96. The highest BCUT2D eigenvalue weighted by atomic mass is 28.3. The Morgan fingerprint density at radius 2 is 1.83 bits per heavy atom. The molecule has 0 saturated carbocycles. The lowest BCUT2D eigenvalue weighted by molar-refractivity contribution is 0.0872. The van der Waals surface area contributed by atoms with Gasteiger partial charge in [-0.05, 0) is 86.5 Å². The molecule has 220 valence electrons. The molecule has 42 heavy (non-hydrogen) atoms. The molecule has 0 radical (unpaired) electrons. The van der Waals surface area contributed by atoms with E-state index in [9.17, 15) is 0 Å². The van der Waals surface area contributed by atoms with E-state index in [-0.39, 0.29) is 6.04 Å². The van der Waals surface area contributed by atoms with E-state index < -0.39 is 8.07 Å². The van der Waals surface area contributed by atoms with Gasteiger partial charge < -0.3 is 24.9 Å². The van der Waals surface area contributed by atoms with Crippen LogP contribution < -0.4 is 10.6 Å². The molecule has 7 rings (SSSR count). The number of ether oxygens (including phenoxy) is 1. The van der Waals surface area contributed by atoms with Crippen molar-refractivity contribution in [1.29, 1.82) is 0 Å². The summed E-state index contributed by atoms with van der Waals surface area (Å²) in [4.78, 5) is 13.9. The van der Waals surface area contributed by atoms with Crippen LogP contribution in [0.2, 0.25) is 25.7 Å². The fourth-order valence-corrected chi connectivity index (χ4v) is 7.49. The Balaban J connectivity index is 1.22. The van der Waals surface area contributed by atoms with Gasteiger partial charge in [-0.25, -0.2) is 9.97 Å². The Kier molecular flexibility index (Phi) is 7.42. The molecular formula is C34H44N6OSi. The molecule has 1 aliphatic carbocycles. The number of aromatic nitrogens is 4. The summed E-state index contributed by atoms with van der Waals surface area (Å²) in [5.41, 5.74) is 10.9. The van der Waals surface area contributed by atoms with Crippen molar-refractivity contribution in [2.75, 3.05) is 19.7 Å². The number of rotatable bonds is 8. The maximum Gasteiger partial charge on any atom is 0.133 e. The minimum absolute atomic E-state index is 0.0707. The standard InChI is InChI=1S/C34H44N6OSi/c1-22-14-16-36-31(22)34-38-27-13-11-24(20-30(27)40(34)21-41-17-18-42(2,3)4)23-10-12-26-25(19-23)7-5-8-28-32(26)39-33(37-28)29-9-6-15-35-29/h10-13,19-20,29,31,35-36H,1,5-9,14-18,21H2,2-4H3,(H,37,39)/t29-,31-/m0/s1. The van der Waals surface area contributed by atoms with Gasteiger partial charge in [0.2, 0.25) is 0 Å². The second kappa shape index (κ2) is 11.2. The van der Waals surface area contributed by atoms with E-state index in [2.05, 4.69) is 82.8 Å². The number of benzene rings is 2. The molecule has 0 bridgehead atoms. The van der Waals surface area contributed by atoms with E-state index in [4.69, 9.17) is 14.7 Å². The SMILES string of the molecule is C=C1CCN[C@@H]1c1nc2ccc(-c3ccc4c(c3)CCCc3[nH]c([C@@H]5CCCN5)nc3-4)cc2n1COCC[Si](C)(C)C. The number of H-pyrrole nitrogens is 1. The van der Waals surface area contributed by atoms with Crippen LogP contribution in [0, 0.1) is 0 Å². The number of aromatic amines is 1. The highest BCUT2D eigenvalue weighted by Gasteiger charge is 2.27. The third-order valence-corrected chi connectivity index (χ3v) is 10.9. The molecule has 2 aliphatic heterocycles. The molecule has 4 heterocycles. The molecule has 0 unspecified atom stereocenters. The molecule has 0 amide bonds. The van der Waals surface area contributed by atoms with Gasteiger partial charge in [-0.2, -0.15) is 0 Å². The largest absolute Gasteiger partial charge is 0.361 e. The van der Waals surface area contributed by atoms with Crippen molar-refractivity contribution in [3.63, 3.8) is 0 Å². The number of nitrogens with one attached hydrogen (secondary N) is 3. The zero-order chi connectivity index (χ0) is 28.8. The van der Waals surface area contributed by atoms with Crippen LogP contribution in [0.1, 0.15) is 60.7 Å². The maximum atomic E-state index is 6.29. The van der Waals surface area contributed by atoms with Gasteiger partial charge in [-0.3, -0.25) is 0 Å². The van der Waals surface area contributed by atoms with Crippen LogP contribution in [0.25, 0.3) is 33.4 Å². The molecule has 8 heteroatoms. The maximum absolute atomic E-state index is 6.29. The summed E-state index contributed by atoms with van der Waals surface area (Å²) >= 11 is 0. The molecule has 0 spiro atoms. The van der Waals surface area contributed by atoms with Crippen LogP contribution in [-0.4, -0.2) is 47.3 Å². The van der Waals surface area contributed by atoms with Gasteiger partial charge >= 0.3 is 0 Å². The van der Waals surface area contributed by atoms with E-state index in [0.717, 1.165) is 86.2 Å². The van der Waals surface area contributed by atoms with E-state index in [0.29, 0.717) is 12.8 Å². The average Bonchev–Trinajstić information content (AvgIpc) is 3.76. The van der Waals surface area contributed by atoms with Crippen molar-refractivity contribution < 1.29 is 4.74 Å². The van der Waals surface area contributed by atoms with Gasteiger partial charge in [0, 0.05) is 25.9 Å². The molecule has 4 aromatic rings. The van der Waals surface area contributed by atoms with Crippen LogP contribution in [0.4, 0.5) is 0 Å². The van der Waals surface area contributed by atoms with Crippen molar-refractivity contribution in [2.45, 2.75) is 83.0 Å². The number of hydrogen-bond acceptors (Lipinski definition) is 5. The number of fused-ring (bicyclic) bond motifs is 4. The van der Waals surface area contributed by atoms with E-state index >= 15 is 0 Å². The van der Waals surface area contributed by atoms with Gasteiger partial charge in [0.05, 0.1) is 28.8 Å². The van der Waals surface area contributed by atoms with Crippen LogP contribution >= 0.6 is 0 Å². The lowest BCUT2D eigenvalue weighted by Crippen LogP contribution is -2.23. The van der Waals surface area contributed by atoms with Crippen molar-refractivity contribution in [1.82, 2.24) is 30.2 Å². The average molecular weight is 581 g/mol. The number of imidazole rings is 2. The van der Waals surface area contributed by atoms with Crippen molar-refractivity contribution >= 4 is 19.1 Å². The van der Waals surface area contributed by atoms with Gasteiger partial charge in [-0.15, -0.1) is 0 Å². The van der Waals surface area contributed by atoms with Crippen LogP contribution in [-0.2, 0) is 24.3 Å². The van der Waals surface area contributed by atoms with Gasteiger partial charge in [0.25, 0.3) is 0 Å². The second-order valence-electron chi connectivity index (χ2n) is 13.6. The lowest BCUT2D eigenvalue weighted by Gasteiger charge is -2.18. The minimum Gasteiger partial charge on any atom is -0.361 e. The molecule has 3 aliphatic rings. The predicted octanol–water partition coefficient (Wildman–Crippen LogP) is 6.91. The molecule has 2 aromatic carbocycles. The summed E-state index contributed by atoms with van der Waals surface area (Å²) in [5.74, 6) is 2.12. The molecule has 2 aromatic heterocycles. The summed E-state index contributed by atoms with van der Waals surface area (Å²) in [6, 6.07) is 15.2. The Hall–Kier alpha value is -3.04. The van der Waals surface area contributed by atoms with Crippen molar-refractivity contribution in [3.05, 3.63) is 71.5 Å². The second-order valence-corrected chi connectivity index (χ2v) is 19.2. The van der Waals surface area contributed by atoms with Gasteiger partial charge in [-0.1, -0.05) is 56.1 Å². The van der Waals surface area contributed by atoms with Crippen LogP contribution in [0.5, 0.6) is 0 Å². The molecule has 7 nitrogen and oxygen atoms in total. The van der Waals surface area contributed by atoms with Crippen molar-refractivity contribution in [2.24, 2.45) is 0 Å². The monoisotopic (exact) mass is 580 g/mol. The highest BCUT2D eigenvalue weighted by molar-refractivity contribution is 6.76. The Morgan fingerprint density at radius 1 is 0.976 bits per heavy atom. The number of aryl methyl sites for hydroxylation is 2. The number of nitrogens with zero attached hydrogens (tertiary/aromatic N) is 3. The smallest absolute Gasteiger partial charge is 0.133 e. The molecule has 2 saturated heterocycles. The normalized spacial score (nSPS) is 20.7. The number of hydrogen-bond donors (Lipinski definition) is 3. The molecule has 3 N–H and O–H groups in total. The Labute approximate surface area is 250 Å². The van der Waals surface area contributed by atoms with E-state index in [1.54, 1.807) is 0 Å². The zero-order valence-corrected chi connectivity index (χ0v) is 26.4. The van der Waals surface area contributed by atoms with Crippen LogP contribution in [0.15, 0.2) is 48.6 Å². The third-order valence-electron chi connectivity index (χ3n) is 9.21. The fourth-order valence-electron chi connectivity index (χ4n) is 6.73. The summed E-state index contributed by atoms with van der Waals surface area (Å²) in [6.07, 6.45) is 6.61. The Bertz CT molecular complexity index is 1620. The zero-order valence-electron chi connectivity index (χ0n) is 25.4. The van der Waals surface area contributed by atoms with Gasteiger partial charge in [0.1, 0.15) is 18.4 Å². The first-order chi connectivity index (χ1) is 20.3. The van der Waals surface area contributed by atoms with E-state index in [1.165, 1.54) is 39.9 Å². The molecular weight excluding hydrogens is 537 g/mol. The fraction of sp³-hybridized carbons (Fsp3) is 0.471. The van der Waals surface area contributed by atoms with Gasteiger partial charge in [0.15, 0.2) is 0 Å². The van der Waals surface area contributed by atoms with Crippen molar-refractivity contribution in [3.8, 4) is 22.4 Å². The summed E-state index contributed by atoms with van der Waals surface area (Å²) in [5, 5.41) is 7.21. The quantitative estimate of drug-likeness (QED) is 0.120. The Morgan fingerprint density at radius 3 is 2.62 bits per heavy atom. The first-order valence-corrected chi connectivity index (χ1v) is 19.5. The summed E-state index contributed by atoms with van der Waals surface area (Å²) in [6.45, 7) is 14.8. The first kappa shape index (κ1) is 27.8. The predicted molar refractivity (Wildman–Crippen MR) is 173 cm³/mol. The minimum atomic E-state index is -1.17. The van der Waals surface area contributed by atoms with Crippen LogP contribution in [0.3, 0.4) is 0 Å². The molecule has 2 fully saturated rings. The molecule has 2 atom stereocenters. The summed E-state index contributed by atoms with van der Waals surface area (Å²) in [7, 11) is -1.17. The topological polar surface area (TPSA) is 79.8 Å². The first-order valence-electron chi connectivity index (χ1n) is 15.8. The van der Waals surface area contributed by atoms with E-state index in [1.807, 2.05) is 0 Å². The third kappa shape index (κ3) is 5.41. The highest BCUT2D eigenvalue weighted by Crippen LogP contribution is 2.37.